The fourth-order valence-electron chi connectivity index (χ4n) is 1.61. The van der Waals surface area contributed by atoms with E-state index in [1.54, 1.807) is 25.1 Å². The van der Waals surface area contributed by atoms with Crippen molar-refractivity contribution >= 4 is 54.8 Å². The number of phenolic OH excluding ortho intramolecular Hbond substituents is 1. The van der Waals surface area contributed by atoms with Gasteiger partial charge < -0.3 is 10.4 Å². The van der Waals surface area contributed by atoms with E-state index in [1.165, 1.54) is 11.3 Å². The van der Waals surface area contributed by atoms with E-state index in [-0.39, 0.29) is 11.7 Å². The minimum Gasteiger partial charge on any atom is -0.507 e. The molecule has 1 aromatic carbocycles. The molecule has 0 aliphatic rings. The van der Waals surface area contributed by atoms with Gasteiger partial charge in [0.25, 0.3) is 5.91 Å². The Morgan fingerprint density at radius 3 is 2.58 bits per heavy atom. The summed E-state index contributed by atoms with van der Waals surface area (Å²) in [5.41, 5.74) is 2.08. The second-order valence-electron chi connectivity index (χ2n) is 4.09. The molecule has 3 nitrogen and oxygen atoms in total. The number of aromatic hydroxyl groups is 1. The first-order valence-electron chi connectivity index (χ1n) is 5.45. The van der Waals surface area contributed by atoms with Gasteiger partial charge in [0.2, 0.25) is 0 Å². The normalized spacial score (nSPS) is 10.5. The van der Waals surface area contributed by atoms with Crippen LogP contribution in [-0.4, -0.2) is 11.0 Å². The molecular weight excluding hydrogens is 394 g/mol. The minimum atomic E-state index is -0.192. The third-order valence-corrected chi connectivity index (χ3v) is 6.00. The van der Waals surface area contributed by atoms with Crippen LogP contribution in [0.1, 0.15) is 20.8 Å². The number of benzene rings is 1. The zero-order valence-electron chi connectivity index (χ0n) is 10.3. The van der Waals surface area contributed by atoms with Gasteiger partial charge in [0.15, 0.2) is 0 Å². The number of carbonyl (C=O) groups is 1. The van der Waals surface area contributed by atoms with E-state index in [0.717, 1.165) is 13.8 Å². The summed E-state index contributed by atoms with van der Waals surface area (Å²) >= 11 is 8.06. The van der Waals surface area contributed by atoms with E-state index in [4.69, 9.17) is 0 Å². The van der Waals surface area contributed by atoms with Gasteiger partial charge in [0, 0.05) is 15.7 Å². The standard InChI is InChI=1S/C13H11Br2NO2S/c1-6-3-4-9(7(2)11(6)17)16-13(18)10-5-8(14)12(15)19-10/h3-5,17H,1-2H3,(H,16,18). The van der Waals surface area contributed by atoms with Crippen molar-refractivity contribution < 1.29 is 9.90 Å². The van der Waals surface area contributed by atoms with Gasteiger partial charge in [0.05, 0.1) is 8.66 Å². The summed E-state index contributed by atoms with van der Waals surface area (Å²) in [4.78, 5) is 12.7. The van der Waals surface area contributed by atoms with Crippen LogP contribution in [0.25, 0.3) is 0 Å². The van der Waals surface area contributed by atoms with E-state index in [0.29, 0.717) is 16.1 Å². The van der Waals surface area contributed by atoms with Crippen molar-refractivity contribution in [3.63, 3.8) is 0 Å². The molecule has 0 spiro atoms. The van der Waals surface area contributed by atoms with E-state index in [2.05, 4.69) is 37.2 Å². The first-order chi connectivity index (χ1) is 8.90. The Balaban J connectivity index is 2.27. The largest absolute Gasteiger partial charge is 0.507 e. The summed E-state index contributed by atoms with van der Waals surface area (Å²) in [5.74, 6) is 0.0223. The lowest BCUT2D eigenvalue weighted by molar-refractivity contribution is 0.103. The first-order valence-corrected chi connectivity index (χ1v) is 7.85. The van der Waals surface area contributed by atoms with Crippen LogP contribution in [0, 0.1) is 13.8 Å². The van der Waals surface area contributed by atoms with E-state index < -0.39 is 0 Å². The smallest absolute Gasteiger partial charge is 0.265 e. The van der Waals surface area contributed by atoms with Crippen molar-refractivity contribution in [3.8, 4) is 5.75 Å². The van der Waals surface area contributed by atoms with Crippen LogP contribution in [0.3, 0.4) is 0 Å². The third-order valence-electron chi connectivity index (χ3n) is 2.75. The average molecular weight is 405 g/mol. The molecule has 0 saturated heterocycles. The predicted octanol–water partition coefficient (Wildman–Crippen LogP) is 4.85. The Kier molecular flexibility index (Phi) is 4.32. The van der Waals surface area contributed by atoms with Gasteiger partial charge in [-0.2, -0.15) is 0 Å². The number of carbonyl (C=O) groups excluding carboxylic acids is 1. The molecule has 1 aromatic heterocycles. The molecule has 2 rings (SSSR count). The second kappa shape index (κ2) is 5.64. The molecule has 6 heteroatoms. The predicted molar refractivity (Wildman–Crippen MR) is 85.3 cm³/mol. The highest BCUT2D eigenvalue weighted by Crippen LogP contribution is 2.33. The summed E-state index contributed by atoms with van der Waals surface area (Å²) in [6, 6.07) is 5.33. The van der Waals surface area contributed by atoms with E-state index in [1.807, 2.05) is 6.92 Å². The van der Waals surface area contributed by atoms with Crippen molar-refractivity contribution in [2.24, 2.45) is 0 Å². The highest BCUT2D eigenvalue weighted by Gasteiger charge is 2.14. The molecule has 2 N–H and O–H groups in total. The monoisotopic (exact) mass is 403 g/mol. The van der Waals surface area contributed by atoms with Crippen LogP contribution in [0.5, 0.6) is 5.75 Å². The van der Waals surface area contributed by atoms with Gasteiger partial charge in [-0.3, -0.25) is 4.79 Å². The molecule has 0 aliphatic heterocycles. The maximum Gasteiger partial charge on any atom is 0.265 e. The fourth-order valence-corrected chi connectivity index (χ4v) is 3.54. The number of amides is 1. The summed E-state index contributed by atoms with van der Waals surface area (Å²) in [5, 5.41) is 12.7. The summed E-state index contributed by atoms with van der Waals surface area (Å²) in [6.45, 7) is 3.60. The molecule has 1 amide bonds. The SMILES string of the molecule is Cc1ccc(NC(=O)c2cc(Br)c(Br)s2)c(C)c1O. The van der Waals surface area contributed by atoms with Crippen LogP contribution in [0.2, 0.25) is 0 Å². The highest BCUT2D eigenvalue weighted by atomic mass is 79.9. The number of thiophene rings is 1. The molecule has 0 aliphatic carbocycles. The molecule has 19 heavy (non-hydrogen) atoms. The quantitative estimate of drug-likeness (QED) is 0.751. The number of phenols is 1. The fraction of sp³-hybridized carbons (Fsp3) is 0.154. The molecule has 2 aromatic rings. The zero-order chi connectivity index (χ0) is 14.2. The van der Waals surface area contributed by atoms with Gasteiger partial charge in [-0.1, -0.05) is 6.07 Å². The minimum absolute atomic E-state index is 0.192. The molecule has 100 valence electrons. The Morgan fingerprint density at radius 1 is 1.32 bits per heavy atom. The number of hydrogen-bond acceptors (Lipinski definition) is 3. The van der Waals surface area contributed by atoms with E-state index in [9.17, 15) is 9.90 Å². The van der Waals surface area contributed by atoms with Crippen molar-refractivity contribution in [3.05, 3.63) is 42.5 Å². The van der Waals surface area contributed by atoms with Crippen LogP contribution < -0.4 is 5.32 Å². The van der Waals surface area contributed by atoms with E-state index >= 15 is 0 Å². The lowest BCUT2D eigenvalue weighted by Gasteiger charge is -2.10. The van der Waals surface area contributed by atoms with Crippen molar-refractivity contribution in [1.82, 2.24) is 0 Å². The summed E-state index contributed by atoms with van der Waals surface area (Å²) < 4.78 is 1.73. The van der Waals surface area contributed by atoms with Crippen LogP contribution in [0.15, 0.2) is 26.5 Å². The van der Waals surface area contributed by atoms with Crippen LogP contribution >= 0.6 is 43.2 Å². The average Bonchev–Trinajstić information content (AvgIpc) is 2.70. The number of hydrogen-bond donors (Lipinski definition) is 2. The Labute approximate surface area is 131 Å². The number of aryl methyl sites for hydroxylation is 1. The number of anilines is 1. The van der Waals surface area contributed by atoms with Crippen molar-refractivity contribution in [2.75, 3.05) is 5.32 Å². The number of rotatable bonds is 2. The molecule has 0 unspecified atom stereocenters. The molecule has 0 radical (unpaired) electrons. The van der Waals surface area contributed by atoms with Gasteiger partial charge in [0.1, 0.15) is 5.75 Å². The second-order valence-corrected chi connectivity index (χ2v) is 7.31. The maximum absolute atomic E-state index is 12.1. The lowest BCUT2D eigenvalue weighted by atomic mass is 10.1. The number of nitrogens with one attached hydrogen (secondary N) is 1. The Bertz CT molecular complexity index is 633. The summed E-state index contributed by atoms with van der Waals surface area (Å²) in [6.07, 6.45) is 0. The van der Waals surface area contributed by atoms with Gasteiger partial charge >= 0.3 is 0 Å². The molecular formula is C13H11Br2NO2S. The van der Waals surface area contributed by atoms with Crippen molar-refractivity contribution in [1.29, 1.82) is 0 Å². The van der Waals surface area contributed by atoms with Crippen LogP contribution in [0.4, 0.5) is 5.69 Å². The highest BCUT2D eigenvalue weighted by molar-refractivity contribution is 9.13. The Hall–Kier alpha value is -0.850. The summed E-state index contributed by atoms with van der Waals surface area (Å²) in [7, 11) is 0. The van der Waals surface area contributed by atoms with Gasteiger partial charge in [-0.05, 0) is 63.4 Å². The molecule has 0 atom stereocenters. The molecule has 0 saturated carbocycles. The first kappa shape index (κ1) is 14.6. The maximum atomic E-state index is 12.1. The topological polar surface area (TPSA) is 49.3 Å². The lowest BCUT2D eigenvalue weighted by Crippen LogP contribution is -2.11. The number of halogens is 2. The molecule has 1 heterocycles. The zero-order valence-corrected chi connectivity index (χ0v) is 14.2. The van der Waals surface area contributed by atoms with Gasteiger partial charge in [-0.25, -0.2) is 0 Å². The third kappa shape index (κ3) is 3.01. The molecule has 0 bridgehead atoms. The van der Waals surface area contributed by atoms with Crippen LogP contribution in [-0.2, 0) is 0 Å². The van der Waals surface area contributed by atoms with Gasteiger partial charge in [-0.15, -0.1) is 11.3 Å². The Morgan fingerprint density at radius 2 is 2.00 bits per heavy atom. The van der Waals surface area contributed by atoms with Crippen molar-refractivity contribution in [2.45, 2.75) is 13.8 Å². The molecule has 0 fully saturated rings.